The van der Waals surface area contributed by atoms with Gasteiger partial charge in [-0.25, -0.2) is 0 Å². The van der Waals surface area contributed by atoms with Crippen LogP contribution >= 0.6 is 0 Å². The molecule has 0 spiro atoms. The van der Waals surface area contributed by atoms with E-state index in [1.165, 1.54) is 0 Å². The molecule has 0 fully saturated rings. The van der Waals surface area contributed by atoms with Gasteiger partial charge in [-0.05, 0) is 18.4 Å². The summed E-state index contributed by atoms with van der Waals surface area (Å²) in [6.45, 7) is 0. The fourth-order valence-electron chi connectivity index (χ4n) is 1.06. The first kappa shape index (κ1) is 8.80. The van der Waals surface area contributed by atoms with Crippen LogP contribution in [-0.4, -0.2) is 22.3 Å². The first-order valence-electron chi connectivity index (χ1n) is 3.78. The van der Waals surface area contributed by atoms with Gasteiger partial charge in [0.1, 0.15) is 6.10 Å². The van der Waals surface area contributed by atoms with Crippen LogP contribution in [0.4, 0.5) is 0 Å². The predicted octanol–water partition coefficient (Wildman–Crippen LogP) is 0.370. The van der Waals surface area contributed by atoms with Crippen molar-refractivity contribution in [2.24, 2.45) is 10.9 Å². The van der Waals surface area contributed by atoms with Gasteiger partial charge in [-0.2, -0.15) is 0 Å². The normalized spacial score (nSPS) is 20.4. The SMILES string of the molecule is NC(=NO)C(O)C1=CCCC=C1. The predicted molar refractivity (Wildman–Crippen MR) is 45.9 cm³/mol. The molecule has 1 aliphatic carbocycles. The average molecular weight is 168 g/mol. The van der Waals surface area contributed by atoms with Crippen molar-refractivity contribution in [1.82, 2.24) is 0 Å². The molecule has 4 nitrogen and oxygen atoms in total. The number of hydrogen-bond acceptors (Lipinski definition) is 3. The standard InChI is InChI=1S/C8H12N2O2/c9-8(10-12)7(11)6-4-2-1-3-5-6/h2,4-5,7,11-12H,1,3H2,(H2,9,10). The summed E-state index contributed by atoms with van der Waals surface area (Å²) in [7, 11) is 0. The highest BCUT2D eigenvalue weighted by Crippen LogP contribution is 2.13. The molecule has 1 atom stereocenters. The van der Waals surface area contributed by atoms with E-state index in [-0.39, 0.29) is 5.84 Å². The van der Waals surface area contributed by atoms with Crippen LogP contribution in [0, 0.1) is 0 Å². The lowest BCUT2D eigenvalue weighted by atomic mass is 10.0. The summed E-state index contributed by atoms with van der Waals surface area (Å²) in [6, 6.07) is 0. The molecule has 0 aromatic heterocycles. The first-order valence-corrected chi connectivity index (χ1v) is 3.78. The van der Waals surface area contributed by atoms with E-state index in [0.29, 0.717) is 5.57 Å². The van der Waals surface area contributed by atoms with E-state index in [4.69, 9.17) is 10.9 Å². The van der Waals surface area contributed by atoms with Gasteiger partial charge in [-0.15, -0.1) is 0 Å². The van der Waals surface area contributed by atoms with Crippen molar-refractivity contribution in [3.05, 3.63) is 23.8 Å². The number of nitrogens with two attached hydrogens (primary N) is 1. The molecule has 0 aromatic carbocycles. The summed E-state index contributed by atoms with van der Waals surface area (Å²) in [5.41, 5.74) is 5.91. The molecule has 1 unspecified atom stereocenters. The van der Waals surface area contributed by atoms with Crippen molar-refractivity contribution >= 4 is 5.84 Å². The lowest BCUT2D eigenvalue weighted by molar-refractivity contribution is 0.260. The summed E-state index contributed by atoms with van der Waals surface area (Å²) < 4.78 is 0. The number of rotatable bonds is 2. The Balaban J connectivity index is 2.69. The van der Waals surface area contributed by atoms with Crippen LogP contribution in [0.2, 0.25) is 0 Å². The van der Waals surface area contributed by atoms with Crippen LogP contribution in [-0.2, 0) is 0 Å². The van der Waals surface area contributed by atoms with Crippen LogP contribution < -0.4 is 5.73 Å². The summed E-state index contributed by atoms with van der Waals surface area (Å²) in [5, 5.41) is 20.4. The molecule has 0 amide bonds. The smallest absolute Gasteiger partial charge is 0.172 e. The highest BCUT2D eigenvalue weighted by molar-refractivity contribution is 5.87. The lowest BCUT2D eigenvalue weighted by Crippen LogP contribution is -2.30. The average Bonchev–Trinajstić information content (AvgIpc) is 2.17. The Morgan fingerprint density at radius 3 is 2.83 bits per heavy atom. The van der Waals surface area contributed by atoms with Crippen molar-refractivity contribution in [2.75, 3.05) is 0 Å². The van der Waals surface area contributed by atoms with Crippen LogP contribution in [0.1, 0.15) is 12.8 Å². The van der Waals surface area contributed by atoms with E-state index < -0.39 is 6.10 Å². The molecule has 0 saturated heterocycles. The highest BCUT2D eigenvalue weighted by Gasteiger charge is 2.13. The molecule has 4 N–H and O–H groups in total. The quantitative estimate of drug-likeness (QED) is 0.241. The molecule has 0 saturated carbocycles. The Bertz CT molecular complexity index is 243. The van der Waals surface area contributed by atoms with E-state index in [1.807, 2.05) is 12.2 Å². The second-order valence-electron chi connectivity index (χ2n) is 2.61. The van der Waals surface area contributed by atoms with Gasteiger partial charge in [-0.1, -0.05) is 23.4 Å². The maximum Gasteiger partial charge on any atom is 0.172 e. The third-order valence-corrected chi connectivity index (χ3v) is 1.74. The molecular weight excluding hydrogens is 156 g/mol. The van der Waals surface area contributed by atoms with E-state index >= 15 is 0 Å². The zero-order chi connectivity index (χ0) is 8.97. The largest absolute Gasteiger partial charge is 0.409 e. The second kappa shape index (κ2) is 3.92. The van der Waals surface area contributed by atoms with Gasteiger partial charge in [0.2, 0.25) is 0 Å². The topological polar surface area (TPSA) is 78.8 Å². The Kier molecular flexibility index (Phi) is 2.88. The number of amidine groups is 1. The maximum atomic E-state index is 9.41. The van der Waals surface area contributed by atoms with Gasteiger partial charge >= 0.3 is 0 Å². The third-order valence-electron chi connectivity index (χ3n) is 1.74. The number of oxime groups is 1. The van der Waals surface area contributed by atoms with E-state index in [0.717, 1.165) is 12.8 Å². The minimum Gasteiger partial charge on any atom is -0.409 e. The molecule has 0 bridgehead atoms. The first-order chi connectivity index (χ1) is 5.75. The number of aliphatic hydroxyl groups excluding tert-OH is 1. The van der Waals surface area contributed by atoms with Crippen LogP contribution in [0.25, 0.3) is 0 Å². The van der Waals surface area contributed by atoms with E-state index in [1.54, 1.807) is 6.08 Å². The molecule has 66 valence electrons. The maximum absolute atomic E-state index is 9.41. The fourth-order valence-corrected chi connectivity index (χ4v) is 1.06. The molecule has 0 aliphatic heterocycles. The zero-order valence-electron chi connectivity index (χ0n) is 6.64. The summed E-state index contributed by atoms with van der Waals surface area (Å²) in [5.74, 6) is -0.173. The van der Waals surface area contributed by atoms with E-state index in [9.17, 15) is 5.11 Å². The van der Waals surface area contributed by atoms with Gasteiger partial charge in [0.25, 0.3) is 0 Å². The van der Waals surface area contributed by atoms with E-state index in [2.05, 4.69) is 5.16 Å². The monoisotopic (exact) mass is 168 g/mol. The minimum atomic E-state index is -0.980. The van der Waals surface area contributed by atoms with Gasteiger partial charge in [0.05, 0.1) is 0 Å². The molecule has 0 radical (unpaired) electrons. The Morgan fingerprint density at radius 2 is 2.33 bits per heavy atom. The van der Waals surface area contributed by atoms with Crippen molar-refractivity contribution in [1.29, 1.82) is 0 Å². The summed E-state index contributed by atoms with van der Waals surface area (Å²) in [6.07, 6.45) is 6.50. The van der Waals surface area contributed by atoms with Gasteiger partial charge in [-0.3, -0.25) is 0 Å². The molecule has 1 rings (SSSR count). The van der Waals surface area contributed by atoms with Crippen molar-refractivity contribution in [3.8, 4) is 0 Å². The number of nitrogens with zero attached hydrogens (tertiary/aromatic N) is 1. The Labute approximate surface area is 70.7 Å². The Morgan fingerprint density at radius 1 is 1.58 bits per heavy atom. The molecule has 12 heavy (non-hydrogen) atoms. The number of hydrogen-bond donors (Lipinski definition) is 3. The number of allylic oxidation sites excluding steroid dienone is 2. The van der Waals surface area contributed by atoms with Crippen molar-refractivity contribution in [2.45, 2.75) is 18.9 Å². The third kappa shape index (κ3) is 1.85. The molecule has 0 aromatic rings. The van der Waals surface area contributed by atoms with Gasteiger partial charge in [0, 0.05) is 0 Å². The van der Waals surface area contributed by atoms with Crippen molar-refractivity contribution in [3.63, 3.8) is 0 Å². The summed E-state index contributed by atoms with van der Waals surface area (Å²) >= 11 is 0. The number of aliphatic hydroxyl groups is 1. The van der Waals surface area contributed by atoms with Gasteiger partial charge < -0.3 is 16.0 Å². The second-order valence-corrected chi connectivity index (χ2v) is 2.61. The molecular formula is C8H12N2O2. The van der Waals surface area contributed by atoms with Crippen LogP contribution in [0.5, 0.6) is 0 Å². The Hall–Kier alpha value is -1.29. The zero-order valence-corrected chi connectivity index (χ0v) is 6.64. The molecule has 0 heterocycles. The van der Waals surface area contributed by atoms with Crippen LogP contribution in [0.15, 0.2) is 29.0 Å². The summed E-state index contributed by atoms with van der Waals surface area (Å²) in [4.78, 5) is 0. The molecule has 1 aliphatic rings. The minimum absolute atomic E-state index is 0.173. The molecule has 4 heteroatoms. The lowest BCUT2D eigenvalue weighted by Gasteiger charge is -2.12. The fraction of sp³-hybridized carbons (Fsp3) is 0.375. The van der Waals surface area contributed by atoms with Crippen molar-refractivity contribution < 1.29 is 10.3 Å². The van der Waals surface area contributed by atoms with Crippen LogP contribution in [0.3, 0.4) is 0 Å². The highest BCUT2D eigenvalue weighted by atomic mass is 16.4. The van der Waals surface area contributed by atoms with Gasteiger partial charge in [0.15, 0.2) is 5.84 Å².